The number of aryl methyl sites for hydroxylation is 2. The summed E-state index contributed by atoms with van der Waals surface area (Å²) in [6.45, 7) is 5.38. The Labute approximate surface area is 136 Å². The zero-order valence-corrected chi connectivity index (χ0v) is 13.5. The lowest BCUT2D eigenvalue weighted by atomic mass is 10.1. The summed E-state index contributed by atoms with van der Waals surface area (Å²) in [5.41, 5.74) is 5.48. The average molecular weight is 310 g/mol. The van der Waals surface area contributed by atoms with Crippen LogP contribution in [0.15, 0.2) is 24.3 Å². The Balaban J connectivity index is 1.44. The van der Waals surface area contributed by atoms with Gasteiger partial charge in [0.2, 0.25) is 0 Å². The molecule has 5 nitrogen and oxygen atoms in total. The lowest BCUT2D eigenvalue weighted by molar-refractivity contribution is 0.0739. The van der Waals surface area contributed by atoms with E-state index in [0.717, 1.165) is 56.7 Å². The first-order chi connectivity index (χ1) is 11.2. The molecule has 1 N–H and O–H groups in total. The topological polar surface area (TPSA) is 52.2 Å². The Kier molecular flexibility index (Phi) is 3.56. The molecule has 0 spiro atoms. The van der Waals surface area contributed by atoms with E-state index in [1.165, 1.54) is 11.3 Å². The highest BCUT2D eigenvalue weighted by molar-refractivity contribution is 5.94. The van der Waals surface area contributed by atoms with Crippen molar-refractivity contribution in [2.45, 2.75) is 26.2 Å². The molecule has 1 aliphatic heterocycles. The van der Waals surface area contributed by atoms with Crippen molar-refractivity contribution < 1.29 is 4.79 Å². The summed E-state index contributed by atoms with van der Waals surface area (Å²) in [4.78, 5) is 17.0. The number of nitrogens with zero attached hydrogens (tertiary/aromatic N) is 3. The fourth-order valence-corrected chi connectivity index (χ4v) is 3.64. The van der Waals surface area contributed by atoms with Gasteiger partial charge in [-0.3, -0.25) is 9.89 Å². The van der Waals surface area contributed by atoms with Gasteiger partial charge in [0.15, 0.2) is 5.69 Å². The maximum absolute atomic E-state index is 12.7. The molecule has 2 aliphatic rings. The second kappa shape index (κ2) is 5.72. The molecule has 0 atom stereocenters. The zero-order valence-electron chi connectivity index (χ0n) is 13.5. The number of aromatic nitrogens is 2. The molecule has 4 rings (SSSR count). The normalized spacial score (nSPS) is 17.4. The van der Waals surface area contributed by atoms with Gasteiger partial charge in [-0.2, -0.15) is 5.10 Å². The fourth-order valence-electron chi connectivity index (χ4n) is 3.64. The van der Waals surface area contributed by atoms with Gasteiger partial charge in [0.25, 0.3) is 5.91 Å². The summed E-state index contributed by atoms with van der Waals surface area (Å²) in [6.07, 6.45) is 3.14. The van der Waals surface area contributed by atoms with E-state index >= 15 is 0 Å². The zero-order chi connectivity index (χ0) is 15.8. The Bertz CT molecular complexity index is 728. The molecule has 2 aromatic rings. The summed E-state index contributed by atoms with van der Waals surface area (Å²) in [5, 5.41) is 7.31. The molecule has 1 aromatic heterocycles. The van der Waals surface area contributed by atoms with Crippen LogP contribution < -0.4 is 4.90 Å². The van der Waals surface area contributed by atoms with Gasteiger partial charge in [0.05, 0.1) is 0 Å². The van der Waals surface area contributed by atoms with Gasteiger partial charge in [-0.1, -0.05) is 12.1 Å². The minimum Gasteiger partial charge on any atom is -0.368 e. The number of hydrogen-bond donors (Lipinski definition) is 1. The van der Waals surface area contributed by atoms with E-state index in [2.05, 4.69) is 46.3 Å². The van der Waals surface area contributed by atoms with Crippen molar-refractivity contribution >= 4 is 11.6 Å². The fraction of sp³-hybridized carbons (Fsp3) is 0.444. The maximum atomic E-state index is 12.7. The Hall–Kier alpha value is -2.30. The van der Waals surface area contributed by atoms with Crippen LogP contribution in [0, 0.1) is 6.92 Å². The van der Waals surface area contributed by atoms with Crippen LogP contribution in [0.3, 0.4) is 0 Å². The first kappa shape index (κ1) is 14.3. The lowest BCUT2D eigenvalue weighted by Crippen LogP contribution is -2.49. The molecule has 0 unspecified atom stereocenters. The molecule has 0 saturated carbocycles. The molecule has 120 valence electrons. The number of amides is 1. The van der Waals surface area contributed by atoms with Gasteiger partial charge in [0.1, 0.15) is 0 Å². The quantitative estimate of drug-likeness (QED) is 0.925. The van der Waals surface area contributed by atoms with E-state index < -0.39 is 0 Å². The third kappa shape index (κ3) is 2.60. The number of carbonyl (C=O) groups is 1. The van der Waals surface area contributed by atoms with Crippen molar-refractivity contribution in [2.24, 2.45) is 0 Å². The monoisotopic (exact) mass is 310 g/mol. The molecule has 0 bridgehead atoms. The number of piperazine rings is 1. The van der Waals surface area contributed by atoms with E-state index in [9.17, 15) is 4.79 Å². The largest absolute Gasteiger partial charge is 0.368 e. The van der Waals surface area contributed by atoms with E-state index in [1.807, 2.05) is 4.90 Å². The highest BCUT2D eigenvalue weighted by Crippen LogP contribution is 2.24. The second-order valence-electron chi connectivity index (χ2n) is 6.50. The first-order valence-electron chi connectivity index (χ1n) is 8.39. The molecular formula is C18H22N4O. The minimum absolute atomic E-state index is 0.0910. The van der Waals surface area contributed by atoms with Gasteiger partial charge in [0, 0.05) is 43.1 Å². The standard InChI is InChI=1S/C18H22N4O/c1-13-4-2-5-14(12-13)21-8-10-22(11-9-21)18(23)17-15-6-3-7-16(15)19-20-17/h2,4-5,12H,3,6-11H2,1H3,(H,19,20). The van der Waals surface area contributed by atoms with E-state index in [1.54, 1.807) is 0 Å². The summed E-state index contributed by atoms with van der Waals surface area (Å²) < 4.78 is 0. The van der Waals surface area contributed by atoms with Crippen molar-refractivity contribution in [3.05, 3.63) is 46.8 Å². The summed E-state index contributed by atoms with van der Waals surface area (Å²) in [6, 6.07) is 8.56. The Morgan fingerprint density at radius 3 is 2.78 bits per heavy atom. The van der Waals surface area contributed by atoms with Crippen LogP contribution in [0.2, 0.25) is 0 Å². The Morgan fingerprint density at radius 1 is 1.17 bits per heavy atom. The lowest BCUT2D eigenvalue weighted by Gasteiger charge is -2.36. The molecule has 1 amide bonds. The minimum atomic E-state index is 0.0910. The third-order valence-electron chi connectivity index (χ3n) is 4.94. The first-order valence-corrected chi connectivity index (χ1v) is 8.39. The highest BCUT2D eigenvalue weighted by atomic mass is 16.2. The van der Waals surface area contributed by atoms with E-state index in [-0.39, 0.29) is 5.91 Å². The van der Waals surface area contributed by atoms with Crippen LogP contribution in [0.25, 0.3) is 0 Å². The van der Waals surface area contributed by atoms with E-state index in [0.29, 0.717) is 5.69 Å². The molecule has 1 saturated heterocycles. The number of benzene rings is 1. The van der Waals surface area contributed by atoms with Crippen molar-refractivity contribution in [1.29, 1.82) is 0 Å². The number of rotatable bonds is 2. The molecule has 5 heteroatoms. The number of hydrogen-bond acceptors (Lipinski definition) is 3. The summed E-state index contributed by atoms with van der Waals surface area (Å²) >= 11 is 0. The Morgan fingerprint density at radius 2 is 2.00 bits per heavy atom. The highest BCUT2D eigenvalue weighted by Gasteiger charge is 2.28. The van der Waals surface area contributed by atoms with Crippen molar-refractivity contribution in [1.82, 2.24) is 15.1 Å². The van der Waals surface area contributed by atoms with Crippen LogP contribution in [0.5, 0.6) is 0 Å². The summed E-state index contributed by atoms with van der Waals surface area (Å²) in [5.74, 6) is 0.0910. The molecule has 1 aliphatic carbocycles. The predicted molar refractivity (Wildman–Crippen MR) is 89.9 cm³/mol. The molecule has 1 aromatic carbocycles. The van der Waals surface area contributed by atoms with Gasteiger partial charge in [-0.05, 0) is 43.9 Å². The van der Waals surface area contributed by atoms with E-state index in [4.69, 9.17) is 0 Å². The molecule has 0 radical (unpaired) electrons. The molecule has 23 heavy (non-hydrogen) atoms. The molecule has 2 heterocycles. The number of nitrogens with one attached hydrogen (secondary N) is 1. The van der Waals surface area contributed by atoms with Crippen LogP contribution in [-0.2, 0) is 12.8 Å². The number of fused-ring (bicyclic) bond motifs is 1. The SMILES string of the molecule is Cc1cccc(N2CCN(C(=O)c3n[nH]c4c3CCC4)CC2)c1. The van der Waals surface area contributed by atoms with Gasteiger partial charge in [-0.15, -0.1) is 0 Å². The van der Waals surface area contributed by atoms with Crippen LogP contribution >= 0.6 is 0 Å². The smallest absolute Gasteiger partial charge is 0.274 e. The number of aromatic amines is 1. The van der Waals surface area contributed by atoms with Crippen LogP contribution in [-0.4, -0.2) is 47.2 Å². The number of H-pyrrole nitrogens is 1. The van der Waals surface area contributed by atoms with Crippen LogP contribution in [0.1, 0.15) is 33.7 Å². The van der Waals surface area contributed by atoms with Gasteiger partial charge >= 0.3 is 0 Å². The molecular weight excluding hydrogens is 288 g/mol. The average Bonchev–Trinajstić information content (AvgIpc) is 3.18. The van der Waals surface area contributed by atoms with Crippen molar-refractivity contribution in [3.8, 4) is 0 Å². The maximum Gasteiger partial charge on any atom is 0.274 e. The predicted octanol–water partition coefficient (Wildman–Crippen LogP) is 2.17. The van der Waals surface area contributed by atoms with Gasteiger partial charge in [-0.25, -0.2) is 0 Å². The van der Waals surface area contributed by atoms with Crippen molar-refractivity contribution in [2.75, 3.05) is 31.1 Å². The number of carbonyl (C=O) groups excluding carboxylic acids is 1. The molecule has 1 fully saturated rings. The summed E-state index contributed by atoms with van der Waals surface area (Å²) in [7, 11) is 0. The van der Waals surface area contributed by atoms with Crippen LogP contribution in [0.4, 0.5) is 5.69 Å². The van der Waals surface area contributed by atoms with Crippen molar-refractivity contribution in [3.63, 3.8) is 0 Å². The number of anilines is 1. The second-order valence-corrected chi connectivity index (χ2v) is 6.50. The van der Waals surface area contributed by atoms with Gasteiger partial charge < -0.3 is 9.80 Å². The third-order valence-corrected chi connectivity index (χ3v) is 4.94.